The van der Waals surface area contributed by atoms with Gasteiger partial charge in [-0.3, -0.25) is 9.59 Å². The van der Waals surface area contributed by atoms with E-state index in [1.54, 1.807) is 0 Å². The lowest BCUT2D eigenvalue weighted by atomic mass is 9.97. The molecular weight excluding hydrogens is 356 g/mol. The van der Waals surface area contributed by atoms with E-state index in [0.29, 0.717) is 25.8 Å². The summed E-state index contributed by atoms with van der Waals surface area (Å²) in [4.78, 5) is 23.0. The smallest absolute Gasteiger partial charge is 0.219 e. The average molecular weight is 388 g/mol. The summed E-state index contributed by atoms with van der Waals surface area (Å²) in [6, 6.07) is -0.951. The second-order valence-corrected chi connectivity index (χ2v) is 6.54. The summed E-state index contributed by atoms with van der Waals surface area (Å²) in [6.07, 6.45) is 0.425. The van der Waals surface area contributed by atoms with Gasteiger partial charge in [0.05, 0.1) is 6.61 Å². The molecule has 1 aliphatic heterocycles. The standard InChI is InChI=1S/C18H32N2O7/c1-3-4-6-9-19-14(23)8-5-7-10-26-18-15(20-12(2)22)17(25)16(24)13(11-21)27-18/h3,13,15-18,21,24-25H,1,4-11H2,2H3,(H,19,23)(H,20,22). The first-order valence-corrected chi connectivity index (χ1v) is 9.29. The zero-order valence-electron chi connectivity index (χ0n) is 15.8. The molecule has 1 fully saturated rings. The van der Waals surface area contributed by atoms with Crippen molar-refractivity contribution in [2.75, 3.05) is 19.8 Å². The molecule has 5 atom stereocenters. The summed E-state index contributed by atoms with van der Waals surface area (Å²) in [5, 5.41) is 34.7. The van der Waals surface area contributed by atoms with Gasteiger partial charge < -0.3 is 35.4 Å². The number of hydrogen-bond acceptors (Lipinski definition) is 7. The third kappa shape index (κ3) is 8.35. The minimum Gasteiger partial charge on any atom is -0.394 e. The molecule has 156 valence electrons. The molecule has 2 amide bonds. The van der Waals surface area contributed by atoms with Gasteiger partial charge in [0.2, 0.25) is 11.8 Å². The van der Waals surface area contributed by atoms with Gasteiger partial charge in [-0.2, -0.15) is 0 Å². The van der Waals surface area contributed by atoms with Gasteiger partial charge in [-0.1, -0.05) is 6.08 Å². The molecule has 9 nitrogen and oxygen atoms in total. The predicted octanol–water partition coefficient (Wildman–Crippen LogP) is -0.801. The quantitative estimate of drug-likeness (QED) is 0.218. The van der Waals surface area contributed by atoms with Gasteiger partial charge in [0.1, 0.15) is 24.4 Å². The maximum Gasteiger partial charge on any atom is 0.219 e. The van der Waals surface area contributed by atoms with Crippen LogP contribution in [-0.2, 0) is 19.1 Å². The van der Waals surface area contributed by atoms with Crippen LogP contribution in [0.25, 0.3) is 0 Å². The average Bonchev–Trinajstić information content (AvgIpc) is 2.63. The van der Waals surface area contributed by atoms with Crippen LogP contribution in [0.1, 0.15) is 39.0 Å². The van der Waals surface area contributed by atoms with Crippen LogP contribution in [0.4, 0.5) is 0 Å². The zero-order chi connectivity index (χ0) is 20.2. The molecule has 1 aliphatic rings. The van der Waals surface area contributed by atoms with Crippen LogP contribution >= 0.6 is 0 Å². The number of carbonyl (C=O) groups is 2. The molecule has 5 unspecified atom stereocenters. The van der Waals surface area contributed by atoms with Crippen molar-refractivity contribution in [3.05, 3.63) is 12.7 Å². The van der Waals surface area contributed by atoms with Crippen molar-refractivity contribution in [1.82, 2.24) is 10.6 Å². The molecule has 0 spiro atoms. The Labute approximate surface area is 159 Å². The predicted molar refractivity (Wildman–Crippen MR) is 97.6 cm³/mol. The number of ether oxygens (including phenoxy) is 2. The highest BCUT2D eigenvalue weighted by Crippen LogP contribution is 2.22. The third-order valence-electron chi connectivity index (χ3n) is 4.24. The van der Waals surface area contributed by atoms with Gasteiger partial charge in [0, 0.05) is 26.5 Å². The summed E-state index contributed by atoms with van der Waals surface area (Å²) < 4.78 is 11.0. The van der Waals surface area contributed by atoms with Crippen molar-refractivity contribution in [3.63, 3.8) is 0 Å². The van der Waals surface area contributed by atoms with E-state index in [1.807, 2.05) is 6.08 Å². The van der Waals surface area contributed by atoms with Crippen LogP contribution in [0.5, 0.6) is 0 Å². The first-order valence-electron chi connectivity index (χ1n) is 9.29. The fraction of sp³-hybridized carbons (Fsp3) is 0.778. The van der Waals surface area contributed by atoms with Gasteiger partial charge in [-0.05, 0) is 25.7 Å². The van der Waals surface area contributed by atoms with Crippen molar-refractivity contribution in [2.24, 2.45) is 0 Å². The van der Waals surface area contributed by atoms with E-state index in [2.05, 4.69) is 17.2 Å². The highest BCUT2D eigenvalue weighted by Gasteiger charge is 2.45. The summed E-state index contributed by atoms with van der Waals surface area (Å²) >= 11 is 0. The molecule has 5 N–H and O–H groups in total. The molecule has 9 heteroatoms. The van der Waals surface area contributed by atoms with E-state index >= 15 is 0 Å². The molecule has 27 heavy (non-hydrogen) atoms. The van der Waals surface area contributed by atoms with Crippen LogP contribution < -0.4 is 10.6 Å². The van der Waals surface area contributed by atoms with Crippen LogP contribution in [0, 0.1) is 0 Å². The highest BCUT2D eigenvalue weighted by atomic mass is 16.7. The number of allylic oxidation sites excluding steroid dienone is 1. The Morgan fingerprint density at radius 2 is 1.96 bits per heavy atom. The fourth-order valence-electron chi connectivity index (χ4n) is 2.76. The van der Waals surface area contributed by atoms with Crippen molar-refractivity contribution in [3.8, 4) is 0 Å². The Bertz CT molecular complexity index is 475. The molecule has 0 aromatic carbocycles. The van der Waals surface area contributed by atoms with Crippen LogP contribution in [-0.4, -0.2) is 77.5 Å². The first kappa shape index (κ1) is 23.5. The normalized spacial score (nSPS) is 27.8. The number of amides is 2. The summed E-state index contributed by atoms with van der Waals surface area (Å²) in [5.74, 6) is -0.429. The largest absolute Gasteiger partial charge is 0.394 e. The zero-order valence-corrected chi connectivity index (χ0v) is 15.8. The van der Waals surface area contributed by atoms with Crippen molar-refractivity contribution in [1.29, 1.82) is 0 Å². The molecule has 0 saturated carbocycles. The van der Waals surface area contributed by atoms with Gasteiger partial charge in [-0.15, -0.1) is 6.58 Å². The molecule has 0 aromatic heterocycles. The van der Waals surface area contributed by atoms with E-state index in [1.165, 1.54) is 6.92 Å². The number of unbranched alkanes of at least 4 members (excludes halogenated alkanes) is 2. The fourth-order valence-corrected chi connectivity index (χ4v) is 2.76. The Morgan fingerprint density at radius 1 is 1.22 bits per heavy atom. The van der Waals surface area contributed by atoms with E-state index in [0.717, 1.165) is 12.8 Å². The highest BCUT2D eigenvalue weighted by molar-refractivity contribution is 5.75. The first-order chi connectivity index (χ1) is 12.9. The van der Waals surface area contributed by atoms with E-state index in [4.69, 9.17) is 9.47 Å². The van der Waals surface area contributed by atoms with Gasteiger partial charge >= 0.3 is 0 Å². The summed E-state index contributed by atoms with van der Waals surface area (Å²) in [5.41, 5.74) is 0. The maximum absolute atomic E-state index is 11.7. The SMILES string of the molecule is C=CCCCNC(=O)CCCCOC1OC(CO)C(O)C(O)C1NC(C)=O. The Morgan fingerprint density at radius 3 is 2.59 bits per heavy atom. The Balaban J connectivity index is 2.36. The Kier molecular flexibility index (Phi) is 11.1. The minimum atomic E-state index is -1.34. The van der Waals surface area contributed by atoms with E-state index in [-0.39, 0.29) is 12.5 Å². The number of carbonyl (C=O) groups excluding carboxylic acids is 2. The number of hydrogen-bond donors (Lipinski definition) is 5. The van der Waals surface area contributed by atoms with E-state index < -0.39 is 43.2 Å². The van der Waals surface area contributed by atoms with Gasteiger partial charge in [-0.25, -0.2) is 0 Å². The lowest BCUT2D eigenvalue weighted by Crippen LogP contribution is -2.64. The summed E-state index contributed by atoms with van der Waals surface area (Å²) in [7, 11) is 0. The number of aliphatic hydroxyl groups is 3. The van der Waals surface area contributed by atoms with Gasteiger partial charge in [0.25, 0.3) is 0 Å². The molecule has 0 radical (unpaired) electrons. The molecular formula is C18H32N2O7. The monoisotopic (exact) mass is 388 g/mol. The minimum absolute atomic E-state index is 0.0250. The molecule has 0 aromatic rings. The van der Waals surface area contributed by atoms with Crippen LogP contribution in [0.2, 0.25) is 0 Å². The third-order valence-corrected chi connectivity index (χ3v) is 4.24. The van der Waals surface area contributed by atoms with Crippen molar-refractivity contribution in [2.45, 2.75) is 69.7 Å². The molecule has 1 heterocycles. The maximum atomic E-state index is 11.7. The number of aliphatic hydroxyl groups excluding tert-OH is 3. The molecule has 1 rings (SSSR count). The van der Waals surface area contributed by atoms with Gasteiger partial charge in [0.15, 0.2) is 6.29 Å². The molecule has 0 bridgehead atoms. The second kappa shape index (κ2) is 12.8. The number of rotatable bonds is 12. The van der Waals surface area contributed by atoms with E-state index in [9.17, 15) is 24.9 Å². The molecule has 0 aliphatic carbocycles. The lowest BCUT2D eigenvalue weighted by molar-refractivity contribution is -0.270. The second-order valence-electron chi connectivity index (χ2n) is 6.54. The summed E-state index contributed by atoms with van der Waals surface area (Å²) in [6.45, 7) is 5.28. The lowest BCUT2D eigenvalue weighted by Gasteiger charge is -2.42. The molecule has 1 saturated heterocycles. The van der Waals surface area contributed by atoms with Crippen LogP contribution in [0.3, 0.4) is 0 Å². The van der Waals surface area contributed by atoms with Crippen LogP contribution in [0.15, 0.2) is 12.7 Å². The topological polar surface area (TPSA) is 137 Å². The van der Waals surface area contributed by atoms with Crippen molar-refractivity contribution >= 4 is 11.8 Å². The van der Waals surface area contributed by atoms with Crippen molar-refractivity contribution < 1.29 is 34.4 Å². The Hall–Kier alpha value is -1.52. The number of nitrogens with one attached hydrogen (secondary N) is 2.